The van der Waals surface area contributed by atoms with E-state index in [0.717, 1.165) is 19.4 Å². The second-order valence-electron chi connectivity index (χ2n) is 3.71. The summed E-state index contributed by atoms with van der Waals surface area (Å²) in [5.74, 6) is 5.60. The number of amides is 1. The molecule has 1 atom stereocenters. The molecule has 17 heavy (non-hydrogen) atoms. The van der Waals surface area contributed by atoms with E-state index in [0.29, 0.717) is 12.4 Å². The van der Waals surface area contributed by atoms with E-state index in [1.54, 1.807) is 6.92 Å². The fourth-order valence-corrected chi connectivity index (χ4v) is 1.66. The van der Waals surface area contributed by atoms with E-state index < -0.39 is 0 Å². The van der Waals surface area contributed by atoms with E-state index in [1.807, 2.05) is 0 Å². The molecule has 2 heterocycles. The first-order valence-electron chi connectivity index (χ1n) is 5.56. The lowest BCUT2D eigenvalue weighted by molar-refractivity contribution is 0.0945. The number of hydrogen-bond donors (Lipinski definition) is 2. The molecule has 0 spiro atoms. The van der Waals surface area contributed by atoms with E-state index in [9.17, 15) is 4.79 Å². The van der Waals surface area contributed by atoms with Gasteiger partial charge in [0.15, 0.2) is 0 Å². The van der Waals surface area contributed by atoms with Crippen LogP contribution in [0.25, 0.3) is 0 Å². The summed E-state index contributed by atoms with van der Waals surface area (Å²) in [5.41, 5.74) is 0. The van der Waals surface area contributed by atoms with Crippen LogP contribution < -0.4 is 10.6 Å². The highest BCUT2D eigenvalue weighted by Crippen LogP contribution is 2.20. The van der Waals surface area contributed by atoms with Crippen molar-refractivity contribution in [2.24, 2.45) is 0 Å². The summed E-state index contributed by atoms with van der Waals surface area (Å²) in [6.07, 6.45) is 2.05. The van der Waals surface area contributed by atoms with Gasteiger partial charge in [-0.25, -0.2) is 0 Å². The molecule has 0 bridgehead atoms. The van der Waals surface area contributed by atoms with Crippen LogP contribution in [-0.2, 0) is 0 Å². The van der Waals surface area contributed by atoms with Gasteiger partial charge in [0.1, 0.15) is 0 Å². The van der Waals surface area contributed by atoms with Crippen molar-refractivity contribution in [3.05, 3.63) is 11.7 Å². The number of rotatable bonds is 3. The molecule has 2 N–H and O–H groups in total. The fraction of sp³-hybridized carbons (Fsp3) is 0.545. The minimum absolute atomic E-state index is 0.0617. The van der Waals surface area contributed by atoms with Crippen LogP contribution in [-0.4, -0.2) is 29.1 Å². The Morgan fingerprint density at radius 3 is 3.29 bits per heavy atom. The molecule has 1 aliphatic heterocycles. The van der Waals surface area contributed by atoms with Crippen molar-refractivity contribution in [3.63, 3.8) is 0 Å². The first-order valence-corrected chi connectivity index (χ1v) is 5.56. The van der Waals surface area contributed by atoms with Gasteiger partial charge in [-0.05, 0) is 26.3 Å². The monoisotopic (exact) mass is 234 g/mol. The Balaban J connectivity index is 1.96. The smallest absolute Gasteiger partial charge is 0.293 e. The van der Waals surface area contributed by atoms with Gasteiger partial charge in [-0.15, -0.1) is 5.92 Å². The number of aromatic nitrogens is 2. The fourth-order valence-electron chi connectivity index (χ4n) is 1.66. The zero-order chi connectivity index (χ0) is 12.1. The maximum atomic E-state index is 11.6. The molecule has 90 valence electrons. The molecule has 1 aromatic heterocycles. The summed E-state index contributed by atoms with van der Waals surface area (Å²) in [6.45, 7) is 2.95. The Morgan fingerprint density at radius 2 is 2.59 bits per heavy atom. The molecular weight excluding hydrogens is 220 g/mol. The van der Waals surface area contributed by atoms with Crippen LogP contribution in [0, 0.1) is 11.8 Å². The van der Waals surface area contributed by atoms with E-state index in [2.05, 4.69) is 32.6 Å². The number of nitrogens with one attached hydrogen (secondary N) is 2. The highest BCUT2D eigenvalue weighted by atomic mass is 16.5. The number of carbonyl (C=O) groups is 1. The number of carbonyl (C=O) groups excluding carboxylic acids is 1. The van der Waals surface area contributed by atoms with Gasteiger partial charge in [0.25, 0.3) is 11.7 Å². The Kier molecular flexibility index (Phi) is 3.73. The highest BCUT2D eigenvalue weighted by Gasteiger charge is 2.23. The molecule has 1 aliphatic rings. The maximum absolute atomic E-state index is 11.6. The molecule has 6 nitrogen and oxygen atoms in total. The van der Waals surface area contributed by atoms with Crippen molar-refractivity contribution < 1.29 is 9.32 Å². The molecule has 1 saturated heterocycles. The van der Waals surface area contributed by atoms with Crippen LogP contribution in [0.3, 0.4) is 0 Å². The zero-order valence-corrected chi connectivity index (χ0v) is 9.62. The summed E-state index contributed by atoms with van der Waals surface area (Å²) in [6, 6.07) is 0.0829. The van der Waals surface area contributed by atoms with Gasteiger partial charge in [0.2, 0.25) is 5.89 Å². The Hall–Kier alpha value is -1.87. The Morgan fingerprint density at radius 1 is 1.71 bits per heavy atom. The molecule has 0 aromatic carbocycles. The molecule has 1 aromatic rings. The third-order valence-corrected chi connectivity index (χ3v) is 2.52. The summed E-state index contributed by atoms with van der Waals surface area (Å²) in [7, 11) is 0. The summed E-state index contributed by atoms with van der Waals surface area (Å²) < 4.78 is 5.06. The third-order valence-electron chi connectivity index (χ3n) is 2.52. The van der Waals surface area contributed by atoms with Crippen LogP contribution in [0.1, 0.15) is 42.3 Å². The van der Waals surface area contributed by atoms with Crippen molar-refractivity contribution >= 4 is 5.91 Å². The van der Waals surface area contributed by atoms with Crippen LogP contribution in [0.4, 0.5) is 0 Å². The topological polar surface area (TPSA) is 80.0 Å². The molecule has 6 heteroatoms. The van der Waals surface area contributed by atoms with Crippen LogP contribution in [0.15, 0.2) is 4.52 Å². The molecule has 0 radical (unpaired) electrons. The number of nitrogens with zero attached hydrogens (tertiary/aromatic N) is 2. The molecule has 0 aliphatic carbocycles. The lowest BCUT2D eigenvalue weighted by atomic mass is 10.2. The van der Waals surface area contributed by atoms with Gasteiger partial charge < -0.3 is 15.2 Å². The first kappa shape index (κ1) is 11.6. The van der Waals surface area contributed by atoms with Gasteiger partial charge in [-0.1, -0.05) is 11.1 Å². The maximum Gasteiger partial charge on any atom is 0.293 e. The van der Waals surface area contributed by atoms with Crippen LogP contribution >= 0.6 is 0 Å². The van der Waals surface area contributed by atoms with E-state index in [-0.39, 0.29) is 17.8 Å². The van der Waals surface area contributed by atoms with Crippen molar-refractivity contribution in [1.82, 2.24) is 20.8 Å². The predicted octanol–water partition coefficient (Wildman–Crippen LogP) is 0.247. The van der Waals surface area contributed by atoms with Crippen molar-refractivity contribution in [1.29, 1.82) is 0 Å². The summed E-state index contributed by atoms with van der Waals surface area (Å²) in [5, 5.41) is 9.47. The molecule has 1 unspecified atom stereocenters. The quantitative estimate of drug-likeness (QED) is 0.733. The van der Waals surface area contributed by atoms with E-state index in [4.69, 9.17) is 4.52 Å². The molecule has 1 amide bonds. The zero-order valence-electron chi connectivity index (χ0n) is 9.62. The minimum Gasteiger partial charge on any atom is -0.338 e. The number of hydrogen-bond acceptors (Lipinski definition) is 5. The van der Waals surface area contributed by atoms with Crippen LogP contribution in [0.5, 0.6) is 0 Å². The lowest BCUT2D eigenvalue weighted by Gasteiger charge is -2.01. The van der Waals surface area contributed by atoms with E-state index in [1.165, 1.54) is 0 Å². The average Bonchev–Trinajstić information content (AvgIpc) is 3.00. The minimum atomic E-state index is -0.360. The standard InChI is InChI=1S/C11H14N4O2/c1-2-3-6-13-10(16)9-14-11(17-15-9)8-5-4-7-12-8/h8,12H,4-7H2,1H3,(H,13,16). The summed E-state index contributed by atoms with van der Waals surface area (Å²) in [4.78, 5) is 15.6. The van der Waals surface area contributed by atoms with Crippen molar-refractivity contribution in [3.8, 4) is 11.8 Å². The van der Waals surface area contributed by atoms with Gasteiger partial charge in [-0.3, -0.25) is 4.79 Å². The van der Waals surface area contributed by atoms with Crippen LogP contribution in [0.2, 0.25) is 0 Å². The van der Waals surface area contributed by atoms with Crippen molar-refractivity contribution in [2.45, 2.75) is 25.8 Å². The average molecular weight is 234 g/mol. The Labute approximate surface area is 99.2 Å². The largest absolute Gasteiger partial charge is 0.338 e. The normalized spacial score (nSPS) is 18.5. The molecular formula is C11H14N4O2. The van der Waals surface area contributed by atoms with E-state index >= 15 is 0 Å². The molecule has 1 fully saturated rings. The molecule has 2 rings (SSSR count). The van der Waals surface area contributed by atoms with Gasteiger partial charge in [0, 0.05) is 0 Å². The van der Waals surface area contributed by atoms with Gasteiger partial charge >= 0.3 is 0 Å². The highest BCUT2D eigenvalue weighted by molar-refractivity contribution is 5.90. The first-order chi connectivity index (χ1) is 8.31. The second kappa shape index (κ2) is 5.46. The predicted molar refractivity (Wildman–Crippen MR) is 60.1 cm³/mol. The van der Waals surface area contributed by atoms with Gasteiger partial charge in [-0.2, -0.15) is 4.98 Å². The SMILES string of the molecule is CC#CCNC(=O)c1noc(C2CCCN2)n1. The second-order valence-corrected chi connectivity index (χ2v) is 3.71. The summed E-state index contributed by atoms with van der Waals surface area (Å²) >= 11 is 0. The third kappa shape index (κ3) is 2.82. The lowest BCUT2D eigenvalue weighted by Crippen LogP contribution is -2.24. The Bertz CT molecular complexity index is 452. The van der Waals surface area contributed by atoms with Crippen molar-refractivity contribution in [2.75, 3.05) is 13.1 Å². The molecule has 0 saturated carbocycles. The van der Waals surface area contributed by atoms with Gasteiger partial charge in [0.05, 0.1) is 12.6 Å².